The third-order valence-electron chi connectivity index (χ3n) is 2.85. The van der Waals surface area contributed by atoms with Crippen molar-refractivity contribution in [2.45, 2.75) is 12.5 Å². The second-order valence-corrected chi connectivity index (χ2v) is 4.79. The Morgan fingerprint density at radius 2 is 1.90 bits per heavy atom. The van der Waals surface area contributed by atoms with Gasteiger partial charge in [-0.15, -0.1) is 0 Å². The molecule has 104 valence electrons. The Balaban J connectivity index is 2.05. The van der Waals surface area contributed by atoms with E-state index >= 15 is 0 Å². The molecule has 3 nitrogen and oxygen atoms in total. The highest BCUT2D eigenvalue weighted by Gasteiger charge is 2.17. The van der Waals surface area contributed by atoms with Gasteiger partial charge in [0.25, 0.3) is 0 Å². The van der Waals surface area contributed by atoms with Crippen LogP contribution in [0.25, 0.3) is 0 Å². The summed E-state index contributed by atoms with van der Waals surface area (Å²) < 4.78 is 13.6. The van der Waals surface area contributed by atoms with Gasteiger partial charge in [0.15, 0.2) is 0 Å². The lowest BCUT2D eigenvalue weighted by atomic mass is 10.1. The number of halogens is 2. The maximum absolute atomic E-state index is 13.6. The standard InChI is InChI=1S/C15H14ClFN2O/c16-11-7-4-8-12(17)14(11)19-15(20)13(18)9-10-5-2-1-3-6-10/h1-8,13H,9,18H2,(H,19,20). The summed E-state index contributed by atoms with van der Waals surface area (Å²) in [5.41, 5.74) is 6.72. The van der Waals surface area contributed by atoms with Gasteiger partial charge in [-0.05, 0) is 24.1 Å². The molecule has 0 heterocycles. The summed E-state index contributed by atoms with van der Waals surface area (Å²) in [6.45, 7) is 0. The second-order valence-electron chi connectivity index (χ2n) is 4.38. The van der Waals surface area contributed by atoms with Crippen LogP contribution in [0, 0.1) is 5.82 Å². The van der Waals surface area contributed by atoms with Crippen molar-refractivity contribution in [1.29, 1.82) is 0 Å². The van der Waals surface area contributed by atoms with E-state index in [1.165, 1.54) is 18.2 Å². The van der Waals surface area contributed by atoms with E-state index < -0.39 is 17.8 Å². The lowest BCUT2D eigenvalue weighted by Crippen LogP contribution is -2.37. The molecular formula is C15H14ClFN2O. The second kappa shape index (κ2) is 6.50. The third-order valence-corrected chi connectivity index (χ3v) is 3.16. The highest BCUT2D eigenvalue weighted by Crippen LogP contribution is 2.24. The molecule has 0 fully saturated rings. The van der Waals surface area contributed by atoms with Gasteiger partial charge in [0.05, 0.1) is 16.8 Å². The Bertz CT molecular complexity index is 584. The molecule has 3 N–H and O–H groups in total. The molecule has 2 aromatic rings. The minimum absolute atomic E-state index is 0.0392. The number of nitrogens with one attached hydrogen (secondary N) is 1. The zero-order valence-electron chi connectivity index (χ0n) is 10.6. The van der Waals surface area contributed by atoms with E-state index in [2.05, 4.69) is 5.32 Å². The van der Waals surface area contributed by atoms with E-state index in [1.807, 2.05) is 30.3 Å². The van der Waals surface area contributed by atoms with Crippen molar-refractivity contribution in [3.8, 4) is 0 Å². The van der Waals surface area contributed by atoms with Crippen LogP contribution in [0.1, 0.15) is 5.56 Å². The first-order valence-electron chi connectivity index (χ1n) is 6.12. The molecule has 0 bridgehead atoms. The zero-order chi connectivity index (χ0) is 14.5. The topological polar surface area (TPSA) is 55.1 Å². The minimum Gasteiger partial charge on any atom is -0.321 e. The highest BCUT2D eigenvalue weighted by atomic mass is 35.5. The summed E-state index contributed by atoms with van der Waals surface area (Å²) in [7, 11) is 0. The number of rotatable bonds is 4. The van der Waals surface area contributed by atoms with Crippen molar-refractivity contribution in [2.75, 3.05) is 5.32 Å². The summed E-state index contributed by atoms with van der Waals surface area (Å²) in [5.74, 6) is -1.06. The fourth-order valence-corrected chi connectivity index (χ4v) is 2.00. The van der Waals surface area contributed by atoms with Gasteiger partial charge in [0, 0.05) is 0 Å². The van der Waals surface area contributed by atoms with Gasteiger partial charge >= 0.3 is 0 Å². The Labute approximate surface area is 121 Å². The van der Waals surface area contributed by atoms with Crippen LogP contribution >= 0.6 is 11.6 Å². The van der Waals surface area contributed by atoms with Crippen molar-refractivity contribution in [3.63, 3.8) is 0 Å². The molecule has 0 aliphatic carbocycles. The predicted molar refractivity (Wildman–Crippen MR) is 78.2 cm³/mol. The Kier molecular flexibility index (Phi) is 4.71. The van der Waals surface area contributed by atoms with Crippen molar-refractivity contribution in [2.24, 2.45) is 5.73 Å². The lowest BCUT2D eigenvalue weighted by Gasteiger charge is -2.13. The molecule has 2 rings (SSSR count). The molecule has 1 amide bonds. The largest absolute Gasteiger partial charge is 0.321 e. The molecule has 0 aromatic heterocycles. The van der Waals surface area contributed by atoms with Crippen molar-refractivity contribution in [1.82, 2.24) is 0 Å². The Morgan fingerprint density at radius 3 is 2.55 bits per heavy atom. The van der Waals surface area contributed by atoms with Gasteiger partial charge in [0.2, 0.25) is 5.91 Å². The maximum Gasteiger partial charge on any atom is 0.241 e. The van der Waals surface area contributed by atoms with Gasteiger partial charge in [-0.3, -0.25) is 4.79 Å². The van der Waals surface area contributed by atoms with Gasteiger partial charge in [0.1, 0.15) is 5.82 Å². The average molecular weight is 293 g/mol. The molecule has 2 aromatic carbocycles. The molecule has 0 aliphatic heterocycles. The number of amides is 1. The Morgan fingerprint density at radius 1 is 1.20 bits per heavy atom. The molecule has 1 atom stereocenters. The van der Waals surface area contributed by atoms with Crippen LogP contribution < -0.4 is 11.1 Å². The number of hydrogen-bond acceptors (Lipinski definition) is 2. The third kappa shape index (κ3) is 3.56. The van der Waals surface area contributed by atoms with Crippen LogP contribution in [-0.4, -0.2) is 11.9 Å². The molecule has 5 heteroatoms. The van der Waals surface area contributed by atoms with E-state index in [0.29, 0.717) is 6.42 Å². The number of anilines is 1. The number of carbonyl (C=O) groups excluding carboxylic acids is 1. The quantitative estimate of drug-likeness (QED) is 0.910. The van der Waals surface area contributed by atoms with Crippen LogP contribution in [-0.2, 0) is 11.2 Å². The summed E-state index contributed by atoms with van der Waals surface area (Å²) in [6.07, 6.45) is 0.374. The van der Waals surface area contributed by atoms with E-state index in [1.54, 1.807) is 0 Å². The first kappa shape index (κ1) is 14.5. The average Bonchev–Trinajstić information content (AvgIpc) is 2.44. The van der Waals surface area contributed by atoms with Gasteiger partial charge < -0.3 is 11.1 Å². The van der Waals surface area contributed by atoms with Crippen LogP contribution in [0.15, 0.2) is 48.5 Å². The molecule has 1 unspecified atom stereocenters. The summed E-state index contributed by atoms with van der Waals surface area (Å²) in [4.78, 5) is 12.0. The van der Waals surface area contributed by atoms with Crippen LogP contribution in [0.5, 0.6) is 0 Å². The van der Waals surface area contributed by atoms with E-state index in [4.69, 9.17) is 17.3 Å². The molecule has 0 saturated heterocycles. The first-order chi connectivity index (χ1) is 9.58. The van der Waals surface area contributed by atoms with E-state index in [9.17, 15) is 9.18 Å². The molecule has 0 aliphatic rings. The monoisotopic (exact) mass is 292 g/mol. The summed E-state index contributed by atoms with van der Waals surface area (Å²) >= 11 is 5.84. The predicted octanol–water partition coefficient (Wildman–Crippen LogP) is 2.99. The highest BCUT2D eigenvalue weighted by molar-refractivity contribution is 6.33. The van der Waals surface area contributed by atoms with Crippen LogP contribution in [0.3, 0.4) is 0 Å². The minimum atomic E-state index is -0.770. The van der Waals surface area contributed by atoms with Crippen molar-refractivity contribution >= 4 is 23.2 Å². The zero-order valence-corrected chi connectivity index (χ0v) is 11.4. The maximum atomic E-state index is 13.6. The molecule has 0 spiro atoms. The van der Waals surface area contributed by atoms with Crippen LogP contribution in [0.4, 0.5) is 10.1 Å². The summed E-state index contributed by atoms with van der Waals surface area (Å²) in [5, 5.41) is 2.57. The number of nitrogens with two attached hydrogens (primary N) is 1. The number of para-hydroxylation sites is 1. The SMILES string of the molecule is NC(Cc1ccccc1)C(=O)Nc1c(F)cccc1Cl. The molecule has 0 saturated carbocycles. The van der Waals surface area contributed by atoms with E-state index in [0.717, 1.165) is 5.56 Å². The first-order valence-corrected chi connectivity index (χ1v) is 6.50. The van der Waals surface area contributed by atoms with Gasteiger partial charge in [-0.1, -0.05) is 48.0 Å². The fraction of sp³-hybridized carbons (Fsp3) is 0.133. The van der Waals surface area contributed by atoms with Crippen molar-refractivity contribution in [3.05, 3.63) is 64.9 Å². The number of benzene rings is 2. The van der Waals surface area contributed by atoms with Crippen molar-refractivity contribution < 1.29 is 9.18 Å². The number of carbonyl (C=O) groups is 1. The van der Waals surface area contributed by atoms with Gasteiger partial charge in [-0.2, -0.15) is 0 Å². The summed E-state index contributed by atoms with van der Waals surface area (Å²) in [6, 6.07) is 12.8. The Hall–Kier alpha value is -1.91. The lowest BCUT2D eigenvalue weighted by molar-refractivity contribution is -0.117. The molecule has 20 heavy (non-hydrogen) atoms. The smallest absolute Gasteiger partial charge is 0.241 e. The van der Waals surface area contributed by atoms with E-state index in [-0.39, 0.29) is 10.7 Å². The molecule has 0 radical (unpaired) electrons. The number of hydrogen-bond donors (Lipinski definition) is 2. The van der Waals surface area contributed by atoms with Crippen LogP contribution in [0.2, 0.25) is 5.02 Å². The fourth-order valence-electron chi connectivity index (χ4n) is 1.79. The van der Waals surface area contributed by atoms with Gasteiger partial charge in [-0.25, -0.2) is 4.39 Å². The normalized spacial score (nSPS) is 11.9. The molecular weight excluding hydrogens is 279 g/mol.